The molecule has 0 spiro atoms. The first kappa shape index (κ1) is 23.0. The SMILES string of the molecule is C=C(CCNC(=O)COc1ccc(Cl)c(F)c1)c1cn([C@H]2C[C@@H](OC(F)(F)F)C2)nn1. The lowest BCUT2D eigenvalue weighted by Crippen LogP contribution is -2.37. The van der Waals surface area contributed by atoms with Crippen LogP contribution in [-0.4, -0.2) is 46.5 Å². The van der Waals surface area contributed by atoms with Gasteiger partial charge in [-0.25, -0.2) is 9.07 Å². The van der Waals surface area contributed by atoms with E-state index in [2.05, 4.69) is 26.9 Å². The van der Waals surface area contributed by atoms with E-state index in [-0.39, 0.29) is 42.8 Å². The van der Waals surface area contributed by atoms with E-state index >= 15 is 0 Å². The average molecular weight is 463 g/mol. The molecule has 2 aromatic rings. The predicted octanol–water partition coefficient (Wildman–Crippen LogP) is 3.91. The molecule has 3 rings (SSSR count). The molecule has 1 fully saturated rings. The van der Waals surface area contributed by atoms with Crippen molar-refractivity contribution < 1.29 is 31.8 Å². The van der Waals surface area contributed by atoms with Crippen LogP contribution >= 0.6 is 11.6 Å². The van der Waals surface area contributed by atoms with E-state index in [4.69, 9.17) is 16.3 Å². The number of alkyl halides is 3. The molecule has 168 valence electrons. The molecule has 1 N–H and O–H groups in total. The van der Waals surface area contributed by atoms with Crippen LogP contribution in [0.3, 0.4) is 0 Å². The third-order valence-electron chi connectivity index (χ3n) is 4.63. The Morgan fingerprint density at radius 2 is 2.10 bits per heavy atom. The number of benzene rings is 1. The Hall–Kier alpha value is -2.66. The van der Waals surface area contributed by atoms with Crippen molar-refractivity contribution in [2.45, 2.75) is 37.8 Å². The van der Waals surface area contributed by atoms with Crippen molar-refractivity contribution in [3.8, 4) is 5.75 Å². The molecule has 7 nitrogen and oxygen atoms in total. The largest absolute Gasteiger partial charge is 0.522 e. The van der Waals surface area contributed by atoms with Gasteiger partial charge >= 0.3 is 6.36 Å². The second-order valence-corrected chi connectivity index (χ2v) is 7.37. The predicted molar refractivity (Wildman–Crippen MR) is 103 cm³/mol. The van der Waals surface area contributed by atoms with Gasteiger partial charge in [-0.05, 0) is 37.0 Å². The molecule has 1 aliphatic rings. The van der Waals surface area contributed by atoms with Crippen LogP contribution in [-0.2, 0) is 9.53 Å². The van der Waals surface area contributed by atoms with Crippen molar-refractivity contribution in [3.05, 3.63) is 47.5 Å². The van der Waals surface area contributed by atoms with Gasteiger partial charge in [0.1, 0.15) is 17.3 Å². The number of nitrogens with one attached hydrogen (secondary N) is 1. The zero-order chi connectivity index (χ0) is 22.6. The molecule has 1 aliphatic carbocycles. The highest BCUT2D eigenvalue weighted by Crippen LogP contribution is 2.37. The molecule has 1 aromatic carbocycles. The molecule has 1 saturated carbocycles. The Labute approximate surface area is 180 Å². The highest BCUT2D eigenvalue weighted by Gasteiger charge is 2.41. The molecule has 0 aliphatic heterocycles. The van der Waals surface area contributed by atoms with Crippen LogP contribution in [0.25, 0.3) is 5.57 Å². The number of hydrogen-bond donors (Lipinski definition) is 1. The lowest BCUT2D eigenvalue weighted by molar-refractivity contribution is -0.353. The van der Waals surface area contributed by atoms with Crippen molar-refractivity contribution in [1.82, 2.24) is 20.3 Å². The van der Waals surface area contributed by atoms with Gasteiger partial charge in [0.2, 0.25) is 0 Å². The van der Waals surface area contributed by atoms with Crippen LogP contribution in [0.2, 0.25) is 5.02 Å². The maximum Gasteiger partial charge on any atom is 0.522 e. The molecule has 1 aromatic heterocycles. The van der Waals surface area contributed by atoms with E-state index in [9.17, 15) is 22.4 Å². The number of carbonyl (C=O) groups excluding carboxylic acids is 1. The summed E-state index contributed by atoms with van der Waals surface area (Å²) in [5.41, 5.74) is 1.09. The lowest BCUT2D eigenvalue weighted by atomic mass is 9.89. The number of ether oxygens (including phenoxy) is 2. The summed E-state index contributed by atoms with van der Waals surface area (Å²) in [6, 6.07) is 3.65. The highest BCUT2D eigenvalue weighted by molar-refractivity contribution is 6.30. The molecule has 0 atom stereocenters. The summed E-state index contributed by atoms with van der Waals surface area (Å²) in [6.07, 6.45) is -3.13. The van der Waals surface area contributed by atoms with Gasteiger partial charge in [-0.3, -0.25) is 9.53 Å². The van der Waals surface area contributed by atoms with Gasteiger partial charge < -0.3 is 10.1 Å². The van der Waals surface area contributed by atoms with Crippen LogP contribution in [0.5, 0.6) is 5.75 Å². The van der Waals surface area contributed by atoms with Crippen molar-refractivity contribution in [3.63, 3.8) is 0 Å². The van der Waals surface area contributed by atoms with E-state index in [1.807, 2.05) is 0 Å². The third kappa shape index (κ3) is 6.66. The number of aromatic nitrogens is 3. The van der Waals surface area contributed by atoms with Crippen molar-refractivity contribution >= 4 is 23.1 Å². The van der Waals surface area contributed by atoms with Gasteiger partial charge in [-0.1, -0.05) is 23.4 Å². The molecular weight excluding hydrogens is 444 g/mol. The summed E-state index contributed by atoms with van der Waals surface area (Å²) >= 11 is 5.58. The molecule has 1 amide bonds. The first-order chi connectivity index (χ1) is 14.6. The first-order valence-corrected chi connectivity index (χ1v) is 9.67. The standard InChI is InChI=1S/C19H19ClF4N4O3/c1-11(4-5-25-18(29)10-30-13-2-3-15(20)16(21)8-13)17-9-28(27-26-17)12-6-14(7-12)31-19(22,23)24/h2-3,8-9,12,14H,1,4-7,10H2,(H,25,29)/t12-,14+. The van der Waals surface area contributed by atoms with Crippen molar-refractivity contribution in [2.24, 2.45) is 0 Å². The average Bonchev–Trinajstić information content (AvgIpc) is 3.14. The number of hydrogen-bond acceptors (Lipinski definition) is 5. The highest BCUT2D eigenvalue weighted by atomic mass is 35.5. The summed E-state index contributed by atoms with van der Waals surface area (Å²) in [5, 5.41) is 10.5. The summed E-state index contributed by atoms with van der Waals surface area (Å²) < 4.78 is 60.5. The van der Waals surface area contributed by atoms with E-state index < -0.39 is 24.2 Å². The number of amides is 1. The Balaban J connectivity index is 1.36. The summed E-state index contributed by atoms with van der Waals surface area (Å²) in [6.45, 7) is 3.85. The second kappa shape index (κ2) is 9.65. The van der Waals surface area contributed by atoms with Crippen LogP contribution in [0, 0.1) is 5.82 Å². The molecule has 12 heteroatoms. The minimum atomic E-state index is -4.64. The zero-order valence-corrected chi connectivity index (χ0v) is 16.9. The normalized spacial score (nSPS) is 18.4. The molecular formula is C19H19ClF4N4O3. The summed E-state index contributed by atoms with van der Waals surface area (Å²) in [5.74, 6) is -0.872. The van der Waals surface area contributed by atoms with Crippen molar-refractivity contribution in [2.75, 3.05) is 13.2 Å². The number of carbonyl (C=O) groups is 1. The van der Waals surface area contributed by atoms with Gasteiger partial charge in [0.15, 0.2) is 6.61 Å². The maximum absolute atomic E-state index is 13.3. The van der Waals surface area contributed by atoms with Gasteiger partial charge in [-0.15, -0.1) is 18.3 Å². The first-order valence-electron chi connectivity index (χ1n) is 9.30. The van der Waals surface area contributed by atoms with E-state index in [0.29, 0.717) is 17.7 Å². The quantitative estimate of drug-likeness (QED) is 0.572. The summed E-state index contributed by atoms with van der Waals surface area (Å²) in [7, 11) is 0. The minimum absolute atomic E-state index is 0.0426. The fourth-order valence-electron chi connectivity index (χ4n) is 2.90. The Bertz CT molecular complexity index is 944. The van der Waals surface area contributed by atoms with Gasteiger partial charge in [0, 0.05) is 12.6 Å². The van der Waals surface area contributed by atoms with Crippen LogP contribution in [0.4, 0.5) is 17.6 Å². The summed E-state index contributed by atoms with van der Waals surface area (Å²) in [4.78, 5) is 11.8. The Morgan fingerprint density at radius 1 is 1.35 bits per heavy atom. The smallest absolute Gasteiger partial charge is 0.484 e. The monoisotopic (exact) mass is 462 g/mol. The van der Waals surface area contributed by atoms with Gasteiger partial charge in [-0.2, -0.15) is 0 Å². The maximum atomic E-state index is 13.3. The molecule has 1 heterocycles. The fourth-order valence-corrected chi connectivity index (χ4v) is 3.02. The fraction of sp³-hybridized carbons (Fsp3) is 0.421. The third-order valence-corrected chi connectivity index (χ3v) is 4.93. The molecule has 0 bridgehead atoms. The number of halogens is 5. The Morgan fingerprint density at radius 3 is 2.77 bits per heavy atom. The van der Waals surface area contributed by atoms with Gasteiger partial charge in [0.05, 0.1) is 23.4 Å². The van der Waals surface area contributed by atoms with Crippen LogP contribution in [0.1, 0.15) is 31.0 Å². The second-order valence-electron chi connectivity index (χ2n) is 6.96. The van der Waals surface area contributed by atoms with Crippen LogP contribution < -0.4 is 10.1 Å². The van der Waals surface area contributed by atoms with Crippen LogP contribution in [0.15, 0.2) is 31.0 Å². The molecule has 0 saturated heterocycles. The molecule has 0 radical (unpaired) electrons. The Kier molecular flexibility index (Phi) is 7.16. The van der Waals surface area contributed by atoms with E-state index in [1.54, 1.807) is 6.20 Å². The van der Waals surface area contributed by atoms with Gasteiger partial charge in [0.25, 0.3) is 5.91 Å². The molecule has 0 unspecified atom stereocenters. The minimum Gasteiger partial charge on any atom is -0.484 e. The van der Waals surface area contributed by atoms with E-state index in [1.165, 1.54) is 16.8 Å². The number of nitrogens with zero attached hydrogens (tertiary/aromatic N) is 3. The topological polar surface area (TPSA) is 78.3 Å². The van der Waals surface area contributed by atoms with Crippen molar-refractivity contribution in [1.29, 1.82) is 0 Å². The lowest BCUT2D eigenvalue weighted by Gasteiger charge is -2.34. The zero-order valence-electron chi connectivity index (χ0n) is 16.2. The van der Waals surface area contributed by atoms with E-state index in [0.717, 1.165) is 6.07 Å². The molecule has 31 heavy (non-hydrogen) atoms. The number of rotatable bonds is 9.